The van der Waals surface area contributed by atoms with Crippen molar-refractivity contribution >= 4 is 12.7 Å². The van der Waals surface area contributed by atoms with Gasteiger partial charge in [-0.15, -0.1) is 0 Å². The van der Waals surface area contributed by atoms with Gasteiger partial charge in [0.2, 0.25) is 0 Å². The van der Waals surface area contributed by atoms with Crippen LogP contribution in [0.25, 0.3) is 12.7 Å². The lowest BCUT2D eigenvalue weighted by molar-refractivity contribution is 0.982. The van der Waals surface area contributed by atoms with Crippen LogP contribution < -0.4 is 10.6 Å². The van der Waals surface area contributed by atoms with Crippen LogP contribution in [0, 0.1) is 0 Å². The maximum absolute atomic E-state index is 3.89. The zero-order valence-electron chi connectivity index (χ0n) is 6.54. The molecular weight excluding hydrogens is 136 g/mol. The Hall–Kier alpha value is -1.44. The fraction of sp³-hybridized carbons (Fsp3) is 0.111. The minimum Gasteiger partial charge on any atom is -0.159 e. The van der Waals surface area contributed by atoms with E-state index >= 15 is 0 Å². The van der Waals surface area contributed by atoms with Crippen LogP contribution in [0.15, 0.2) is 24.4 Å². The Morgan fingerprint density at radius 3 is 2.91 bits per heavy atom. The zero-order chi connectivity index (χ0) is 8.27. The normalized spacial score (nSPS) is 11.5. The Morgan fingerprint density at radius 2 is 2.36 bits per heavy atom. The van der Waals surface area contributed by atoms with E-state index in [-0.39, 0.29) is 0 Å². The summed E-state index contributed by atoms with van der Waals surface area (Å²) < 4.78 is 0. The first-order chi connectivity index (χ1) is 5.20. The minimum atomic E-state index is 0.792. The summed E-state index contributed by atoms with van der Waals surface area (Å²) >= 11 is 0. The molecule has 0 aliphatic rings. The van der Waals surface area contributed by atoms with E-state index in [1.807, 2.05) is 19.1 Å². The molecule has 0 aliphatic carbocycles. The fourth-order valence-corrected chi connectivity index (χ4v) is 0.723. The molecule has 0 amide bonds. The molecule has 0 radical (unpaired) electrons. The summed E-state index contributed by atoms with van der Waals surface area (Å²) in [5, 5.41) is 9.30. The molecule has 1 aromatic heterocycles. The molecule has 0 aromatic carbocycles. The number of aromatic nitrogens is 2. The van der Waals surface area contributed by atoms with E-state index in [1.54, 1.807) is 6.20 Å². The summed E-state index contributed by atoms with van der Waals surface area (Å²) in [6.45, 7) is 9.45. The average Bonchev–Trinajstić information content (AvgIpc) is 1.93. The van der Waals surface area contributed by atoms with Crippen LogP contribution in [0.3, 0.4) is 0 Å². The van der Waals surface area contributed by atoms with Crippen molar-refractivity contribution in [2.45, 2.75) is 6.92 Å². The molecule has 1 heterocycles. The van der Waals surface area contributed by atoms with Crippen molar-refractivity contribution in [2.24, 2.45) is 0 Å². The molecule has 2 nitrogen and oxygen atoms in total. The van der Waals surface area contributed by atoms with Gasteiger partial charge >= 0.3 is 0 Å². The van der Waals surface area contributed by atoms with E-state index in [9.17, 15) is 0 Å². The van der Waals surface area contributed by atoms with Gasteiger partial charge in [-0.1, -0.05) is 18.7 Å². The van der Waals surface area contributed by atoms with Gasteiger partial charge in [-0.05, 0) is 24.3 Å². The number of nitrogens with zero attached hydrogens (tertiary/aromatic N) is 2. The lowest BCUT2D eigenvalue weighted by atomic mass is 10.3. The second kappa shape index (κ2) is 3.10. The fourth-order valence-electron chi connectivity index (χ4n) is 0.723. The van der Waals surface area contributed by atoms with Crippen molar-refractivity contribution in [3.05, 3.63) is 35.0 Å². The van der Waals surface area contributed by atoms with Crippen LogP contribution in [-0.2, 0) is 0 Å². The Kier molecular flexibility index (Phi) is 2.16. The summed E-state index contributed by atoms with van der Waals surface area (Å²) in [5.41, 5.74) is 0.954. The maximum atomic E-state index is 3.89. The van der Waals surface area contributed by atoms with Gasteiger partial charge in [-0.3, -0.25) is 0 Å². The molecule has 0 aliphatic heterocycles. The standard InChI is InChI=1S/C9H10N2/c1-7(2)6-9-8(3)4-5-10-11-9/h4-6H,1,3H2,2H3/b9-6+. The van der Waals surface area contributed by atoms with Gasteiger partial charge in [0.1, 0.15) is 0 Å². The first-order valence-corrected chi connectivity index (χ1v) is 3.34. The van der Waals surface area contributed by atoms with Crippen molar-refractivity contribution in [3.63, 3.8) is 0 Å². The molecule has 0 atom stereocenters. The topological polar surface area (TPSA) is 25.8 Å². The molecular formula is C9H10N2. The molecule has 0 N–H and O–H groups in total. The number of hydrogen-bond donors (Lipinski definition) is 0. The molecule has 1 rings (SSSR count). The number of hydrogen-bond acceptors (Lipinski definition) is 2. The monoisotopic (exact) mass is 146 g/mol. The molecule has 0 saturated carbocycles. The molecule has 1 aromatic rings. The summed E-state index contributed by atoms with van der Waals surface area (Å²) in [5.74, 6) is 0. The third-order valence-corrected chi connectivity index (χ3v) is 1.22. The Morgan fingerprint density at radius 1 is 1.64 bits per heavy atom. The SMILES string of the molecule is C=C(C)/C=c1/nnccc1=C. The van der Waals surface area contributed by atoms with Gasteiger partial charge in [0.25, 0.3) is 0 Å². The number of rotatable bonds is 1. The maximum Gasteiger partial charge on any atom is 0.0926 e. The van der Waals surface area contributed by atoms with E-state index in [0.717, 1.165) is 16.1 Å². The average molecular weight is 146 g/mol. The zero-order valence-corrected chi connectivity index (χ0v) is 6.54. The summed E-state index contributed by atoms with van der Waals surface area (Å²) in [6.07, 6.45) is 3.48. The predicted molar refractivity (Wildman–Crippen MR) is 46.1 cm³/mol. The van der Waals surface area contributed by atoms with Crippen LogP contribution >= 0.6 is 0 Å². The van der Waals surface area contributed by atoms with Crippen molar-refractivity contribution < 1.29 is 0 Å². The third-order valence-electron chi connectivity index (χ3n) is 1.22. The third kappa shape index (κ3) is 2.00. The molecule has 2 heteroatoms. The van der Waals surface area contributed by atoms with Crippen LogP contribution in [0.5, 0.6) is 0 Å². The van der Waals surface area contributed by atoms with Gasteiger partial charge in [0.15, 0.2) is 0 Å². The van der Waals surface area contributed by atoms with Crippen molar-refractivity contribution in [3.8, 4) is 0 Å². The van der Waals surface area contributed by atoms with E-state index in [2.05, 4.69) is 23.4 Å². The van der Waals surface area contributed by atoms with E-state index in [4.69, 9.17) is 0 Å². The molecule has 11 heavy (non-hydrogen) atoms. The van der Waals surface area contributed by atoms with E-state index in [0.29, 0.717) is 0 Å². The van der Waals surface area contributed by atoms with E-state index < -0.39 is 0 Å². The quantitative estimate of drug-likeness (QED) is 0.567. The largest absolute Gasteiger partial charge is 0.159 e. The highest BCUT2D eigenvalue weighted by Gasteiger charge is 1.82. The second-order valence-electron chi connectivity index (χ2n) is 2.43. The van der Waals surface area contributed by atoms with Gasteiger partial charge in [-0.25, -0.2) is 0 Å². The van der Waals surface area contributed by atoms with Crippen LogP contribution in [0.4, 0.5) is 0 Å². The number of allylic oxidation sites excluding steroid dienone is 1. The van der Waals surface area contributed by atoms with Crippen molar-refractivity contribution in [1.29, 1.82) is 0 Å². The molecule has 0 unspecified atom stereocenters. The molecule has 0 fully saturated rings. The summed E-state index contributed by atoms with van der Waals surface area (Å²) in [6, 6.07) is 1.82. The lowest BCUT2D eigenvalue weighted by Gasteiger charge is -1.86. The highest BCUT2D eigenvalue weighted by molar-refractivity contribution is 5.41. The van der Waals surface area contributed by atoms with Gasteiger partial charge < -0.3 is 0 Å². The summed E-state index contributed by atoms with van der Waals surface area (Å²) in [7, 11) is 0. The van der Waals surface area contributed by atoms with Crippen LogP contribution in [0.1, 0.15) is 6.92 Å². The van der Waals surface area contributed by atoms with Crippen LogP contribution in [0.2, 0.25) is 0 Å². The highest BCUT2D eigenvalue weighted by Crippen LogP contribution is 1.83. The molecule has 0 saturated heterocycles. The molecule has 56 valence electrons. The summed E-state index contributed by atoms with van der Waals surface area (Å²) in [4.78, 5) is 0. The molecule has 0 bridgehead atoms. The van der Waals surface area contributed by atoms with E-state index in [1.165, 1.54) is 0 Å². The predicted octanol–water partition coefficient (Wildman–Crippen LogP) is 0.243. The second-order valence-corrected chi connectivity index (χ2v) is 2.43. The Balaban J connectivity index is 3.36. The molecule has 0 spiro atoms. The first-order valence-electron chi connectivity index (χ1n) is 3.34. The van der Waals surface area contributed by atoms with Crippen LogP contribution in [-0.4, -0.2) is 10.2 Å². The van der Waals surface area contributed by atoms with Crippen molar-refractivity contribution in [1.82, 2.24) is 10.2 Å². The smallest absolute Gasteiger partial charge is 0.0926 e. The van der Waals surface area contributed by atoms with Crippen molar-refractivity contribution in [2.75, 3.05) is 0 Å². The lowest BCUT2D eigenvalue weighted by Crippen LogP contribution is -2.27. The minimum absolute atomic E-state index is 0.792. The Bertz CT molecular complexity index is 365. The first kappa shape index (κ1) is 7.66. The van der Waals surface area contributed by atoms with Gasteiger partial charge in [-0.2, -0.15) is 10.2 Å². The van der Waals surface area contributed by atoms with Gasteiger partial charge in [0.05, 0.1) is 11.5 Å². The Labute approximate surface area is 65.6 Å². The highest BCUT2D eigenvalue weighted by atomic mass is 15.1. The van der Waals surface area contributed by atoms with Gasteiger partial charge in [0, 0.05) is 0 Å².